The van der Waals surface area contributed by atoms with Crippen LogP contribution in [0.25, 0.3) is 6.08 Å². The van der Waals surface area contributed by atoms with Crippen LogP contribution in [0, 0.1) is 23.7 Å². The van der Waals surface area contributed by atoms with Gasteiger partial charge in [0.1, 0.15) is 5.75 Å². The third kappa shape index (κ3) is 1.67. The van der Waals surface area contributed by atoms with Gasteiger partial charge in [0.2, 0.25) is 0 Å². The monoisotopic (exact) mass is 268 g/mol. The number of allylic oxidation sites excluding steroid dienone is 1. The van der Waals surface area contributed by atoms with Crippen LogP contribution in [0.2, 0.25) is 0 Å². The van der Waals surface area contributed by atoms with Crippen LogP contribution >= 0.6 is 0 Å². The first kappa shape index (κ1) is 12.2. The molecule has 0 heterocycles. The van der Waals surface area contributed by atoms with E-state index in [-0.39, 0.29) is 0 Å². The van der Waals surface area contributed by atoms with Crippen molar-refractivity contribution in [2.75, 3.05) is 7.11 Å². The van der Waals surface area contributed by atoms with Gasteiger partial charge in [-0.25, -0.2) is 0 Å². The van der Waals surface area contributed by atoms with Crippen LogP contribution in [-0.2, 0) is 4.79 Å². The van der Waals surface area contributed by atoms with Gasteiger partial charge in [-0.15, -0.1) is 0 Å². The van der Waals surface area contributed by atoms with Crippen molar-refractivity contribution >= 4 is 11.9 Å². The van der Waals surface area contributed by atoms with Gasteiger partial charge in [-0.05, 0) is 66.4 Å². The molecule has 0 aliphatic heterocycles. The number of ketones is 1. The molecule has 0 spiro atoms. The fourth-order valence-corrected chi connectivity index (χ4v) is 4.75. The highest BCUT2D eigenvalue weighted by atomic mass is 16.5. The molecule has 4 rings (SSSR count). The van der Waals surface area contributed by atoms with Gasteiger partial charge in [-0.3, -0.25) is 4.79 Å². The predicted octanol–water partition coefficient (Wildman–Crippen LogP) is 3.71. The number of methoxy groups -OCH3 is 1. The number of ether oxygens (including phenoxy) is 1. The standard InChI is InChI=1S/C18H20O2/c1-20-12-7-5-11(6-8-12)9-16-15-10-17(18(16)19)14-4-2-3-13(14)15/h5-9,13-15,17H,2-4,10H2,1H3. The first-order chi connectivity index (χ1) is 9.78. The Kier molecular flexibility index (Phi) is 2.73. The van der Waals surface area contributed by atoms with E-state index in [0.717, 1.165) is 29.2 Å². The number of rotatable bonds is 2. The van der Waals surface area contributed by atoms with E-state index < -0.39 is 0 Å². The summed E-state index contributed by atoms with van der Waals surface area (Å²) in [5.41, 5.74) is 2.22. The molecule has 0 N–H and O–H groups in total. The van der Waals surface area contributed by atoms with E-state index in [4.69, 9.17) is 4.74 Å². The maximum absolute atomic E-state index is 12.5. The predicted molar refractivity (Wildman–Crippen MR) is 78.4 cm³/mol. The smallest absolute Gasteiger partial charge is 0.162 e. The maximum atomic E-state index is 12.5. The Labute approximate surface area is 119 Å². The minimum Gasteiger partial charge on any atom is -0.497 e. The van der Waals surface area contributed by atoms with E-state index in [1.165, 1.54) is 19.3 Å². The summed E-state index contributed by atoms with van der Waals surface area (Å²) in [6, 6.07) is 8.00. The Morgan fingerprint density at radius 3 is 2.50 bits per heavy atom. The van der Waals surface area contributed by atoms with Crippen LogP contribution in [0.4, 0.5) is 0 Å². The van der Waals surface area contributed by atoms with Crippen molar-refractivity contribution in [3.8, 4) is 5.75 Å². The Morgan fingerprint density at radius 2 is 1.80 bits per heavy atom. The minimum atomic E-state index is 0.344. The second-order valence-electron chi connectivity index (χ2n) is 6.44. The molecular formula is C18H20O2. The third-order valence-electron chi connectivity index (χ3n) is 5.63. The number of benzene rings is 1. The van der Waals surface area contributed by atoms with E-state index in [1.807, 2.05) is 24.3 Å². The molecule has 104 valence electrons. The lowest BCUT2D eigenvalue weighted by Gasteiger charge is -2.25. The van der Waals surface area contributed by atoms with E-state index in [2.05, 4.69) is 6.08 Å². The van der Waals surface area contributed by atoms with Crippen LogP contribution in [0.5, 0.6) is 5.75 Å². The fraction of sp³-hybridized carbons (Fsp3) is 0.500. The van der Waals surface area contributed by atoms with Gasteiger partial charge in [0.25, 0.3) is 0 Å². The van der Waals surface area contributed by atoms with Gasteiger partial charge in [-0.2, -0.15) is 0 Å². The zero-order chi connectivity index (χ0) is 13.7. The van der Waals surface area contributed by atoms with Crippen molar-refractivity contribution < 1.29 is 9.53 Å². The summed E-state index contributed by atoms with van der Waals surface area (Å²) in [5, 5.41) is 0. The lowest BCUT2D eigenvalue weighted by Crippen LogP contribution is -2.26. The Balaban J connectivity index is 1.65. The van der Waals surface area contributed by atoms with Gasteiger partial charge in [0, 0.05) is 5.92 Å². The molecule has 1 aromatic carbocycles. The molecule has 0 aromatic heterocycles. The highest BCUT2D eigenvalue weighted by molar-refractivity contribution is 6.05. The van der Waals surface area contributed by atoms with Crippen molar-refractivity contribution in [1.29, 1.82) is 0 Å². The van der Waals surface area contributed by atoms with E-state index in [9.17, 15) is 4.79 Å². The summed E-state index contributed by atoms with van der Waals surface area (Å²) >= 11 is 0. The summed E-state index contributed by atoms with van der Waals surface area (Å²) in [4.78, 5) is 12.5. The first-order valence-corrected chi connectivity index (χ1v) is 7.68. The van der Waals surface area contributed by atoms with Gasteiger partial charge < -0.3 is 4.74 Å². The molecule has 3 saturated carbocycles. The van der Waals surface area contributed by atoms with Gasteiger partial charge >= 0.3 is 0 Å². The molecule has 4 unspecified atom stereocenters. The minimum absolute atomic E-state index is 0.344. The van der Waals surface area contributed by atoms with E-state index in [1.54, 1.807) is 7.11 Å². The topological polar surface area (TPSA) is 26.3 Å². The molecule has 0 amide bonds. The van der Waals surface area contributed by atoms with Crippen molar-refractivity contribution in [3.63, 3.8) is 0 Å². The third-order valence-corrected chi connectivity index (χ3v) is 5.63. The average Bonchev–Trinajstić information content (AvgIpc) is 3.13. The molecule has 2 nitrogen and oxygen atoms in total. The summed E-state index contributed by atoms with van der Waals surface area (Å²) in [6.07, 6.45) is 7.19. The van der Waals surface area contributed by atoms with Crippen molar-refractivity contribution in [3.05, 3.63) is 35.4 Å². The largest absolute Gasteiger partial charge is 0.497 e. The lowest BCUT2D eigenvalue weighted by molar-refractivity contribution is -0.120. The van der Waals surface area contributed by atoms with Crippen molar-refractivity contribution in [2.24, 2.45) is 23.7 Å². The molecule has 3 aliphatic carbocycles. The molecule has 1 aromatic rings. The zero-order valence-corrected chi connectivity index (χ0v) is 11.8. The summed E-state index contributed by atoms with van der Waals surface area (Å²) in [7, 11) is 1.67. The lowest BCUT2D eigenvalue weighted by atomic mass is 9.78. The van der Waals surface area contributed by atoms with Gasteiger partial charge in [0.05, 0.1) is 7.11 Å². The highest BCUT2D eigenvalue weighted by Gasteiger charge is 2.56. The molecule has 2 bridgehead atoms. The van der Waals surface area contributed by atoms with Gasteiger partial charge in [0.15, 0.2) is 5.78 Å². The van der Waals surface area contributed by atoms with Crippen LogP contribution in [0.1, 0.15) is 31.2 Å². The number of carbonyl (C=O) groups excluding carboxylic acids is 1. The second kappa shape index (κ2) is 4.47. The van der Waals surface area contributed by atoms with Crippen LogP contribution in [-0.4, -0.2) is 12.9 Å². The number of Topliss-reactive ketones (excluding diaryl/α,β-unsaturated/α-hetero) is 1. The molecule has 3 fully saturated rings. The van der Waals surface area contributed by atoms with Crippen LogP contribution < -0.4 is 4.74 Å². The zero-order valence-electron chi connectivity index (χ0n) is 11.8. The molecule has 2 heteroatoms. The molecule has 0 saturated heterocycles. The fourth-order valence-electron chi connectivity index (χ4n) is 4.75. The Bertz CT molecular complexity index is 570. The summed E-state index contributed by atoms with van der Waals surface area (Å²) in [6.45, 7) is 0. The van der Waals surface area contributed by atoms with E-state index in [0.29, 0.717) is 23.5 Å². The van der Waals surface area contributed by atoms with E-state index >= 15 is 0 Å². The molecule has 20 heavy (non-hydrogen) atoms. The second-order valence-corrected chi connectivity index (χ2v) is 6.44. The Morgan fingerprint density at radius 1 is 1.10 bits per heavy atom. The average molecular weight is 268 g/mol. The van der Waals surface area contributed by atoms with Gasteiger partial charge in [-0.1, -0.05) is 18.6 Å². The molecular weight excluding hydrogens is 248 g/mol. The van der Waals surface area contributed by atoms with Crippen molar-refractivity contribution in [2.45, 2.75) is 25.7 Å². The number of fused-ring (bicyclic) bond motifs is 5. The Hall–Kier alpha value is -1.57. The maximum Gasteiger partial charge on any atom is 0.162 e. The van der Waals surface area contributed by atoms with Crippen LogP contribution in [0.15, 0.2) is 29.8 Å². The normalized spacial score (nSPS) is 36.6. The van der Waals surface area contributed by atoms with Crippen molar-refractivity contribution in [1.82, 2.24) is 0 Å². The summed E-state index contributed by atoms with van der Waals surface area (Å²) < 4.78 is 5.18. The molecule has 4 atom stereocenters. The number of carbonyl (C=O) groups is 1. The molecule has 0 radical (unpaired) electrons. The quantitative estimate of drug-likeness (QED) is 0.764. The first-order valence-electron chi connectivity index (χ1n) is 7.68. The SMILES string of the molecule is COc1ccc(C=C2C(=O)C3CC2C2CCCC32)cc1. The van der Waals surface area contributed by atoms with Crippen LogP contribution in [0.3, 0.4) is 0 Å². The highest BCUT2D eigenvalue weighted by Crippen LogP contribution is 2.59. The summed E-state index contributed by atoms with van der Waals surface area (Å²) in [5.74, 6) is 3.69. The number of hydrogen-bond acceptors (Lipinski definition) is 2. The molecule has 3 aliphatic rings. The number of hydrogen-bond donors (Lipinski definition) is 0.